The zero-order valence-electron chi connectivity index (χ0n) is 8.79. The molecule has 0 aliphatic heterocycles. The van der Waals surface area contributed by atoms with Gasteiger partial charge in [0, 0.05) is 10.1 Å². The molecule has 0 aliphatic rings. The molecular formula is C11H12INO3. The molecule has 0 saturated carbocycles. The van der Waals surface area contributed by atoms with E-state index in [2.05, 4.69) is 5.32 Å². The van der Waals surface area contributed by atoms with Gasteiger partial charge < -0.3 is 10.4 Å². The van der Waals surface area contributed by atoms with Crippen LogP contribution in [0.3, 0.4) is 0 Å². The lowest BCUT2D eigenvalue weighted by atomic mass is 10.1. The molecule has 1 amide bonds. The Balaban J connectivity index is 3.01. The number of carboxylic acids is 1. The largest absolute Gasteiger partial charge is 0.478 e. The van der Waals surface area contributed by atoms with E-state index < -0.39 is 5.97 Å². The van der Waals surface area contributed by atoms with Gasteiger partial charge in [-0.3, -0.25) is 4.79 Å². The van der Waals surface area contributed by atoms with Crippen molar-refractivity contribution in [1.29, 1.82) is 0 Å². The van der Waals surface area contributed by atoms with Crippen LogP contribution in [0, 0.1) is 3.57 Å². The number of amides is 1. The van der Waals surface area contributed by atoms with Crippen molar-refractivity contribution in [1.82, 2.24) is 5.32 Å². The Morgan fingerprint density at radius 1 is 1.38 bits per heavy atom. The van der Waals surface area contributed by atoms with Gasteiger partial charge in [-0.25, -0.2) is 4.79 Å². The molecule has 0 fully saturated rings. The summed E-state index contributed by atoms with van der Waals surface area (Å²) in [4.78, 5) is 22.6. The van der Waals surface area contributed by atoms with Crippen LogP contribution in [0.1, 0.15) is 34.1 Å². The highest BCUT2D eigenvalue weighted by Crippen LogP contribution is 2.17. The number of rotatable bonds is 4. The number of hydrogen-bond donors (Lipinski definition) is 2. The number of carboxylic acid groups (broad SMARTS) is 1. The first kappa shape index (κ1) is 13.0. The van der Waals surface area contributed by atoms with Gasteiger partial charge in [-0.05, 0) is 41.1 Å². The highest BCUT2D eigenvalue weighted by Gasteiger charge is 2.15. The second-order valence-electron chi connectivity index (χ2n) is 3.23. The van der Waals surface area contributed by atoms with E-state index in [0.29, 0.717) is 15.7 Å². The monoisotopic (exact) mass is 333 g/mol. The quantitative estimate of drug-likeness (QED) is 0.830. The van der Waals surface area contributed by atoms with Gasteiger partial charge in [-0.2, -0.15) is 0 Å². The maximum Gasteiger partial charge on any atom is 0.336 e. The van der Waals surface area contributed by atoms with Crippen molar-refractivity contribution < 1.29 is 14.7 Å². The maximum atomic E-state index is 11.7. The number of benzene rings is 1. The summed E-state index contributed by atoms with van der Waals surface area (Å²) in [5.41, 5.74) is 0.568. The fourth-order valence-corrected chi connectivity index (χ4v) is 2.04. The molecular weight excluding hydrogens is 321 g/mol. The standard InChI is InChI=1S/C11H12INO3/c1-2-6-13-10(14)7-4-3-5-8(9(7)12)11(15)16/h3-5H,2,6H2,1H3,(H,13,14)(H,15,16). The van der Waals surface area contributed by atoms with Gasteiger partial charge in [-0.15, -0.1) is 0 Å². The molecule has 0 radical (unpaired) electrons. The molecule has 2 N–H and O–H groups in total. The summed E-state index contributed by atoms with van der Waals surface area (Å²) in [6.45, 7) is 2.55. The van der Waals surface area contributed by atoms with Crippen molar-refractivity contribution in [2.24, 2.45) is 0 Å². The van der Waals surface area contributed by atoms with Gasteiger partial charge in [0.1, 0.15) is 0 Å². The number of aromatic carboxylic acids is 1. The van der Waals surface area contributed by atoms with Crippen LogP contribution < -0.4 is 5.32 Å². The van der Waals surface area contributed by atoms with E-state index in [0.717, 1.165) is 6.42 Å². The predicted octanol–water partition coefficient (Wildman–Crippen LogP) is 2.13. The van der Waals surface area contributed by atoms with Crippen LogP contribution in [-0.4, -0.2) is 23.5 Å². The fourth-order valence-electron chi connectivity index (χ4n) is 1.21. The van der Waals surface area contributed by atoms with Gasteiger partial charge in [-0.1, -0.05) is 13.0 Å². The second kappa shape index (κ2) is 5.83. The van der Waals surface area contributed by atoms with Crippen molar-refractivity contribution in [3.8, 4) is 0 Å². The SMILES string of the molecule is CCCNC(=O)c1cccc(C(=O)O)c1I. The molecule has 0 heterocycles. The van der Waals surface area contributed by atoms with Crippen LogP contribution in [0.15, 0.2) is 18.2 Å². The van der Waals surface area contributed by atoms with Crippen LogP contribution in [0.2, 0.25) is 0 Å². The van der Waals surface area contributed by atoms with Crippen LogP contribution in [0.25, 0.3) is 0 Å². The predicted molar refractivity (Wildman–Crippen MR) is 68.7 cm³/mol. The van der Waals surface area contributed by atoms with Gasteiger partial charge in [0.25, 0.3) is 5.91 Å². The summed E-state index contributed by atoms with van der Waals surface area (Å²) < 4.78 is 0.473. The minimum absolute atomic E-state index is 0.157. The lowest BCUT2D eigenvalue weighted by Gasteiger charge is -2.07. The Labute approximate surface area is 107 Å². The smallest absolute Gasteiger partial charge is 0.336 e. The number of hydrogen-bond acceptors (Lipinski definition) is 2. The molecule has 0 unspecified atom stereocenters. The van der Waals surface area contributed by atoms with Gasteiger partial charge in [0.2, 0.25) is 0 Å². The van der Waals surface area contributed by atoms with Crippen molar-refractivity contribution in [3.63, 3.8) is 0 Å². The number of halogens is 1. The van der Waals surface area contributed by atoms with E-state index in [9.17, 15) is 9.59 Å². The van der Waals surface area contributed by atoms with E-state index >= 15 is 0 Å². The minimum atomic E-state index is -1.02. The summed E-state index contributed by atoms with van der Waals surface area (Å²) in [6, 6.07) is 4.69. The Kier molecular flexibility index (Phi) is 4.72. The van der Waals surface area contributed by atoms with Crippen molar-refractivity contribution in [3.05, 3.63) is 32.9 Å². The minimum Gasteiger partial charge on any atom is -0.478 e. The first-order valence-corrected chi connectivity index (χ1v) is 5.95. The third-order valence-electron chi connectivity index (χ3n) is 2.01. The zero-order valence-corrected chi connectivity index (χ0v) is 10.9. The van der Waals surface area contributed by atoms with Crippen LogP contribution in [-0.2, 0) is 0 Å². The Hall–Kier alpha value is -1.11. The van der Waals surface area contributed by atoms with Gasteiger partial charge in [0.15, 0.2) is 0 Å². The molecule has 0 aliphatic carbocycles. The molecule has 1 aromatic rings. The average molecular weight is 333 g/mol. The van der Waals surface area contributed by atoms with E-state index in [-0.39, 0.29) is 11.5 Å². The second-order valence-corrected chi connectivity index (χ2v) is 4.31. The summed E-state index contributed by atoms with van der Waals surface area (Å²) in [6.07, 6.45) is 0.848. The molecule has 4 nitrogen and oxygen atoms in total. The fraction of sp³-hybridized carbons (Fsp3) is 0.273. The molecule has 0 bridgehead atoms. The highest BCUT2D eigenvalue weighted by atomic mass is 127. The summed E-state index contributed by atoms with van der Waals surface area (Å²) in [5, 5.41) is 11.6. The molecule has 1 aromatic carbocycles. The lowest BCUT2D eigenvalue weighted by molar-refractivity contribution is 0.0695. The number of nitrogens with one attached hydrogen (secondary N) is 1. The first-order chi connectivity index (χ1) is 7.57. The molecule has 1 rings (SSSR count). The van der Waals surface area contributed by atoms with E-state index in [1.807, 2.05) is 29.5 Å². The van der Waals surface area contributed by atoms with E-state index in [1.54, 1.807) is 12.1 Å². The first-order valence-electron chi connectivity index (χ1n) is 4.88. The van der Waals surface area contributed by atoms with Crippen molar-refractivity contribution >= 4 is 34.5 Å². The Bertz CT molecular complexity index is 418. The summed E-state index contributed by atoms with van der Waals surface area (Å²) in [7, 11) is 0. The third-order valence-corrected chi connectivity index (χ3v) is 3.17. The molecule has 5 heteroatoms. The molecule has 0 spiro atoms. The Morgan fingerprint density at radius 3 is 2.56 bits per heavy atom. The van der Waals surface area contributed by atoms with Gasteiger partial charge >= 0.3 is 5.97 Å². The lowest BCUT2D eigenvalue weighted by Crippen LogP contribution is -2.25. The van der Waals surface area contributed by atoms with Crippen molar-refractivity contribution in [2.45, 2.75) is 13.3 Å². The van der Waals surface area contributed by atoms with E-state index in [1.165, 1.54) is 6.07 Å². The zero-order chi connectivity index (χ0) is 12.1. The summed E-state index contributed by atoms with van der Waals surface area (Å²) in [5.74, 6) is -1.25. The van der Waals surface area contributed by atoms with E-state index in [4.69, 9.17) is 5.11 Å². The van der Waals surface area contributed by atoms with Crippen LogP contribution >= 0.6 is 22.6 Å². The third kappa shape index (κ3) is 2.94. The molecule has 0 atom stereocenters. The maximum absolute atomic E-state index is 11.7. The van der Waals surface area contributed by atoms with Gasteiger partial charge in [0.05, 0.1) is 11.1 Å². The molecule has 0 aromatic heterocycles. The topological polar surface area (TPSA) is 66.4 Å². The molecule has 0 saturated heterocycles. The summed E-state index contributed by atoms with van der Waals surface area (Å²) >= 11 is 1.88. The normalized spacial score (nSPS) is 9.88. The van der Waals surface area contributed by atoms with Crippen LogP contribution in [0.4, 0.5) is 0 Å². The average Bonchev–Trinajstić information content (AvgIpc) is 2.25. The number of carbonyl (C=O) groups excluding carboxylic acids is 1. The number of carbonyl (C=O) groups is 2. The molecule has 86 valence electrons. The van der Waals surface area contributed by atoms with Crippen LogP contribution in [0.5, 0.6) is 0 Å². The highest BCUT2D eigenvalue weighted by molar-refractivity contribution is 14.1. The Morgan fingerprint density at radius 2 is 2.00 bits per heavy atom. The van der Waals surface area contributed by atoms with Crippen molar-refractivity contribution in [2.75, 3.05) is 6.54 Å². The molecule has 16 heavy (non-hydrogen) atoms.